The van der Waals surface area contributed by atoms with Crippen LogP contribution in [0.1, 0.15) is 54.4 Å². The van der Waals surface area contributed by atoms with Gasteiger partial charge in [0.15, 0.2) is 0 Å². The lowest BCUT2D eigenvalue weighted by molar-refractivity contribution is -0.158. The Morgan fingerprint density at radius 2 is 1.81 bits per heavy atom. The van der Waals surface area contributed by atoms with E-state index in [4.69, 9.17) is 4.74 Å². The molecule has 2 aliphatic rings. The number of carbonyl (C=O) groups excluding carboxylic acids is 2. The summed E-state index contributed by atoms with van der Waals surface area (Å²) in [5, 5.41) is 0. The molecule has 0 spiro atoms. The largest absolute Gasteiger partial charge is 0.459 e. The molecule has 0 saturated carbocycles. The number of piperazine rings is 1. The SMILES string of the molecule is CC(C)CN1CCN(S(=O)(=O)N2CCC[C@H]2C(=O)OC(C)(C)C)C(C)C1=O. The highest BCUT2D eigenvalue weighted by Crippen LogP contribution is 2.28. The summed E-state index contributed by atoms with van der Waals surface area (Å²) in [6, 6.07) is -1.60. The van der Waals surface area contributed by atoms with Crippen molar-refractivity contribution >= 4 is 22.1 Å². The summed E-state index contributed by atoms with van der Waals surface area (Å²) < 4.78 is 34.3. The molecule has 9 heteroatoms. The maximum Gasteiger partial charge on any atom is 0.325 e. The lowest BCUT2D eigenvalue weighted by atomic mass is 10.1. The van der Waals surface area contributed by atoms with Crippen molar-refractivity contribution < 1.29 is 22.7 Å². The first-order chi connectivity index (χ1) is 12.3. The van der Waals surface area contributed by atoms with Gasteiger partial charge in [-0.25, -0.2) is 0 Å². The van der Waals surface area contributed by atoms with Crippen LogP contribution in [0.25, 0.3) is 0 Å². The van der Waals surface area contributed by atoms with E-state index < -0.39 is 33.9 Å². The minimum absolute atomic E-state index is 0.188. The summed E-state index contributed by atoms with van der Waals surface area (Å²) >= 11 is 0. The average molecular weight is 404 g/mol. The second kappa shape index (κ2) is 8.05. The summed E-state index contributed by atoms with van der Waals surface area (Å²) in [5.41, 5.74) is -0.680. The second-order valence-electron chi connectivity index (χ2n) is 8.77. The summed E-state index contributed by atoms with van der Waals surface area (Å²) in [6.45, 7) is 12.4. The Bertz CT molecular complexity index is 671. The van der Waals surface area contributed by atoms with Crippen molar-refractivity contribution in [3.63, 3.8) is 0 Å². The zero-order valence-corrected chi connectivity index (χ0v) is 18.1. The molecule has 8 nitrogen and oxygen atoms in total. The van der Waals surface area contributed by atoms with E-state index in [9.17, 15) is 18.0 Å². The third kappa shape index (κ3) is 5.00. The first kappa shape index (κ1) is 22.1. The zero-order valence-electron chi connectivity index (χ0n) is 17.3. The molecular weight excluding hydrogens is 370 g/mol. The van der Waals surface area contributed by atoms with Gasteiger partial charge >= 0.3 is 5.97 Å². The molecule has 0 N–H and O–H groups in total. The Kier molecular flexibility index (Phi) is 6.59. The monoisotopic (exact) mass is 403 g/mol. The number of ether oxygens (including phenoxy) is 1. The number of rotatable bonds is 5. The van der Waals surface area contributed by atoms with Crippen molar-refractivity contribution in [1.29, 1.82) is 0 Å². The fourth-order valence-electron chi connectivity index (χ4n) is 3.60. The number of hydrogen-bond donors (Lipinski definition) is 0. The number of nitrogens with zero attached hydrogens (tertiary/aromatic N) is 3. The van der Waals surface area contributed by atoms with Gasteiger partial charge in [0.2, 0.25) is 5.91 Å². The smallest absolute Gasteiger partial charge is 0.325 e. The van der Waals surface area contributed by atoms with E-state index >= 15 is 0 Å². The van der Waals surface area contributed by atoms with Gasteiger partial charge in [-0.1, -0.05) is 13.8 Å². The van der Waals surface area contributed by atoms with Crippen molar-refractivity contribution in [1.82, 2.24) is 13.5 Å². The lowest BCUT2D eigenvalue weighted by Crippen LogP contribution is -2.61. The van der Waals surface area contributed by atoms with Gasteiger partial charge in [-0.3, -0.25) is 9.59 Å². The summed E-state index contributed by atoms with van der Waals surface area (Å²) in [4.78, 5) is 26.9. The summed E-state index contributed by atoms with van der Waals surface area (Å²) in [5.74, 6) is -0.396. The van der Waals surface area contributed by atoms with Gasteiger partial charge in [0, 0.05) is 26.2 Å². The fourth-order valence-corrected chi connectivity index (χ4v) is 5.55. The quantitative estimate of drug-likeness (QED) is 0.644. The zero-order chi connectivity index (χ0) is 20.6. The molecule has 2 heterocycles. The van der Waals surface area contributed by atoms with E-state index in [2.05, 4.69) is 0 Å². The molecule has 0 bridgehead atoms. The molecule has 1 amide bonds. The van der Waals surface area contributed by atoms with Gasteiger partial charge in [-0.15, -0.1) is 0 Å². The Morgan fingerprint density at radius 3 is 2.37 bits per heavy atom. The molecule has 0 aliphatic carbocycles. The van der Waals surface area contributed by atoms with E-state index in [0.717, 1.165) is 0 Å². The van der Waals surface area contributed by atoms with Crippen LogP contribution in [0.15, 0.2) is 0 Å². The normalized spacial score (nSPS) is 26.0. The van der Waals surface area contributed by atoms with Crippen LogP contribution in [0.3, 0.4) is 0 Å². The number of hydrogen-bond acceptors (Lipinski definition) is 5. The third-order valence-corrected chi connectivity index (χ3v) is 6.87. The van der Waals surface area contributed by atoms with Crippen LogP contribution in [0, 0.1) is 5.92 Å². The van der Waals surface area contributed by atoms with E-state index in [0.29, 0.717) is 31.8 Å². The molecule has 2 aliphatic heterocycles. The predicted molar refractivity (Wildman–Crippen MR) is 102 cm³/mol. The van der Waals surface area contributed by atoms with Gasteiger partial charge in [-0.05, 0) is 46.5 Å². The molecule has 2 atom stereocenters. The maximum atomic E-state index is 13.2. The fraction of sp³-hybridized carbons (Fsp3) is 0.889. The predicted octanol–water partition coefficient (Wildman–Crippen LogP) is 1.23. The highest BCUT2D eigenvalue weighted by Gasteiger charge is 2.47. The minimum atomic E-state index is -3.93. The number of amides is 1. The lowest BCUT2D eigenvalue weighted by Gasteiger charge is -2.41. The number of esters is 1. The van der Waals surface area contributed by atoms with Gasteiger partial charge < -0.3 is 9.64 Å². The first-order valence-corrected chi connectivity index (χ1v) is 11.0. The van der Waals surface area contributed by atoms with Gasteiger partial charge in [0.25, 0.3) is 10.2 Å². The average Bonchev–Trinajstić information content (AvgIpc) is 3.00. The molecule has 2 saturated heterocycles. The van der Waals surface area contributed by atoms with Crippen LogP contribution in [0.4, 0.5) is 0 Å². The van der Waals surface area contributed by atoms with Crippen LogP contribution in [0.5, 0.6) is 0 Å². The van der Waals surface area contributed by atoms with Crippen LogP contribution in [-0.2, 0) is 24.5 Å². The minimum Gasteiger partial charge on any atom is -0.459 e. The Labute approximate surface area is 163 Å². The molecule has 2 fully saturated rings. The molecule has 0 aromatic carbocycles. The molecule has 1 unspecified atom stereocenters. The Balaban J connectivity index is 2.17. The van der Waals surface area contributed by atoms with Crippen LogP contribution < -0.4 is 0 Å². The molecule has 2 rings (SSSR count). The third-order valence-electron chi connectivity index (χ3n) is 4.75. The van der Waals surface area contributed by atoms with Crippen LogP contribution in [-0.4, -0.2) is 77.7 Å². The van der Waals surface area contributed by atoms with Gasteiger partial charge in [0.1, 0.15) is 17.7 Å². The molecule has 0 radical (unpaired) electrons. The van der Waals surface area contributed by atoms with E-state index in [1.165, 1.54) is 8.61 Å². The number of carbonyl (C=O) groups is 2. The Hall–Kier alpha value is -1.19. The van der Waals surface area contributed by atoms with Crippen molar-refractivity contribution in [2.75, 3.05) is 26.2 Å². The summed E-state index contributed by atoms with van der Waals surface area (Å²) in [7, 11) is -3.93. The van der Waals surface area contributed by atoms with Gasteiger partial charge in [0.05, 0.1) is 0 Å². The summed E-state index contributed by atoms with van der Waals surface area (Å²) in [6.07, 6.45) is 1.03. The van der Waals surface area contributed by atoms with Gasteiger partial charge in [-0.2, -0.15) is 17.0 Å². The van der Waals surface area contributed by atoms with Crippen molar-refractivity contribution in [2.24, 2.45) is 5.92 Å². The van der Waals surface area contributed by atoms with Crippen molar-refractivity contribution in [3.8, 4) is 0 Å². The van der Waals surface area contributed by atoms with Crippen LogP contribution >= 0.6 is 0 Å². The van der Waals surface area contributed by atoms with Crippen molar-refractivity contribution in [3.05, 3.63) is 0 Å². The molecule has 0 aromatic rings. The molecule has 0 aromatic heterocycles. The molecule has 27 heavy (non-hydrogen) atoms. The highest BCUT2D eigenvalue weighted by molar-refractivity contribution is 7.86. The van der Waals surface area contributed by atoms with E-state index in [-0.39, 0.29) is 19.0 Å². The standard InChI is InChI=1S/C18H33N3O5S/c1-13(2)12-19-10-11-20(14(3)16(19)22)27(24,25)21-9-7-8-15(21)17(23)26-18(4,5)6/h13-15H,7-12H2,1-6H3/t14?,15-/m0/s1. The van der Waals surface area contributed by atoms with E-state index in [1.54, 1.807) is 32.6 Å². The first-order valence-electron chi connectivity index (χ1n) is 9.65. The van der Waals surface area contributed by atoms with E-state index in [1.807, 2.05) is 13.8 Å². The maximum absolute atomic E-state index is 13.2. The van der Waals surface area contributed by atoms with Crippen molar-refractivity contribution in [2.45, 2.75) is 72.1 Å². The molecule has 156 valence electrons. The highest BCUT2D eigenvalue weighted by atomic mass is 32.2. The second-order valence-corrected chi connectivity index (χ2v) is 10.6. The molecular formula is C18H33N3O5S. The topological polar surface area (TPSA) is 87.2 Å². The Morgan fingerprint density at radius 1 is 1.19 bits per heavy atom. The van der Waals surface area contributed by atoms with Crippen LogP contribution in [0.2, 0.25) is 0 Å².